The SMILES string of the molecule is COc1ccc(CCN2C(=O)C[NH+]=C2Nc2ccc(F)cc2)cc1OC. The van der Waals surface area contributed by atoms with Gasteiger partial charge in [0.15, 0.2) is 18.0 Å². The molecule has 7 heteroatoms. The van der Waals surface area contributed by atoms with Crippen LogP contribution in [0.15, 0.2) is 42.5 Å². The van der Waals surface area contributed by atoms with Crippen molar-refractivity contribution < 1.29 is 23.7 Å². The van der Waals surface area contributed by atoms with E-state index in [2.05, 4.69) is 10.3 Å². The molecule has 1 aliphatic rings. The predicted molar refractivity (Wildman–Crippen MR) is 95.8 cm³/mol. The molecule has 26 heavy (non-hydrogen) atoms. The van der Waals surface area contributed by atoms with E-state index in [0.717, 1.165) is 5.56 Å². The molecule has 2 aromatic carbocycles. The Morgan fingerprint density at radius 1 is 1.12 bits per heavy atom. The number of carbonyl (C=O) groups is 1. The van der Waals surface area contributed by atoms with Gasteiger partial charge in [0.2, 0.25) is 0 Å². The first-order valence-electron chi connectivity index (χ1n) is 8.25. The number of amides is 1. The summed E-state index contributed by atoms with van der Waals surface area (Å²) in [5, 5.41) is 3.12. The number of ether oxygens (including phenoxy) is 2. The number of nitrogens with one attached hydrogen (secondary N) is 2. The number of benzene rings is 2. The molecule has 6 nitrogen and oxygen atoms in total. The molecule has 0 aliphatic carbocycles. The fraction of sp³-hybridized carbons (Fsp3) is 0.263. The maximum Gasteiger partial charge on any atom is 0.358 e. The molecule has 136 valence electrons. The molecular weight excluding hydrogens is 337 g/mol. The zero-order valence-corrected chi connectivity index (χ0v) is 14.7. The molecule has 2 aromatic rings. The smallest absolute Gasteiger partial charge is 0.358 e. The van der Waals surface area contributed by atoms with E-state index in [0.29, 0.717) is 36.1 Å². The summed E-state index contributed by atoms with van der Waals surface area (Å²) in [6.07, 6.45) is 0.655. The number of halogens is 1. The number of nitrogens with zero attached hydrogens (tertiary/aromatic N) is 1. The topological polar surface area (TPSA) is 64.8 Å². The Balaban J connectivity index is 1.67. The first-order valence-corrected chi connectivity index (χ1v) is 8.25. The number of hydrogen-bond acceptors (Lipinski definition) is 4. The molecule has 0 unspecified atom stereocenters. The lowest BCUT2D eigenvalue weighted by atomic mass is 10.1. The minimum absolute atomic E-state index is 0.0184. The largest absolute Gasteiger partial charge is 0.493 e. The monoisotopic (exact) mass is 358 g/mol. The van der Waals surface area contributed by atoms with Crippen LogP contribution in [0.2, 0.25) is 0 Å². The molecule has 0 bridgehead atoms. The first-order chi connectivity index (χ1) is 12.6. The van der Waals surface area contributed by atoms with E-state index in [1.165, 1.54) is 12.1 Å². The fourth-order valence-electron chi connectivity index (χ4n) is 2.77. The van der Waals surface area contributed by atoms with Crippen LogP contribution < -0.4 is 19.8 Å². The second-order valence-electron chi connectivity index (χ2n) is 5.82. The Morgan fingerprint density at radius 3 is 2.54 bits per heavy atom. The summed E-state index contributed by atoms with van der Waals surface area (Å²) >= 11 is 0. The Hall–Kier alpha value is -3.09. The normalized spacial score (nSPS) is 13.6. The predicted octanol–water partition coefficient (Wildman–Crippen LogP) is 0.776. The van der Waals surface area contributed by atoms with E-state index in [9.17, 15) is 9.18 Å². The van der Waals surface area contributed by atoms with E-state index < -0.39 is 0 Å². The lowest BCUT2D eigenvalue weighted by molar-refractivity contribution is -0.438. The molecule has 1 heterocycles. The second-order valence-corrected chi connectivity index (χ2v) is 5.82. The summed E-state index contributed by atoms with van der Waals surface area (Å²) in [6, 6.07) is 11.7. The highest BCUT2D eigenvalue weighted by molar-refractivity contribution is 6.04. The van der Waals surface area contributed by atoms with Gasteiger partial charge in [-0.25, -0.2) is 9.71 Å². The molecule has 1 aliphatic heterocycles. The van der Waals surface area contributed by atoms with Gasteiger partial charge in [0.1, 0.15) is 5.82 Å². The first kappa shape index (κ1) is 17.7. The van der Waals surface area contributed by atoms with E-state index in [-0.39, 0.29) is 18.3 Å². The molecule has 3 rings (SSSR count). The van der Waals surface area contributed by atoms with Crippen molar-refractivity contribution in [2.45, 2.75) is 6.42 Å². The van der Waals surface area contributed by atoms with Crippen molar-refractivity contribution in [1.82, 2.24) is 4.90 Å². The van der Waals surface area contributed by atoms with Gasteiger partial charge in [0, 0.05) is 6.42 Å². The fourth-order valence-corrected chi connectivity index (χ4v) is 2.77. The standard InChI is InChI=1S/C19H20FN3O3/c1-25-16-8-3-13(11-17(16)26-2)9-10-23-18(24)12-21-19(23)22-15-6-4-14(20)5-7-15/h3-8,11H,9-10,12H2,1-2H3,(H,21,22)/p+1. The van der Waals surface area contributed by atoms with Crippen LogP contribution in [-0.2, 0) is 11.2 Å². The van der Waals surface area contributed by atoms with Crippen LogP contribution in [0.3, 0.4) is 0 Å². The number of rotatable bonds is 6. The van der Waals surface area contributed by atoms with Crippen LogP contribution in [-0.4, -0.2) is 44.1 Å². The number of anilines is 1. The third-order valence-corrected chi connectivity index (χ3v) is 4.16. The van der Waals surface area contributed by atoms with E-state index >= 15 is 0 Å². The zero-order chi connectivity index (χ0) is 18.5. The van der Waals surface area contributed by atoms with Gasteiger partial charge in [-0.05, 0) is 42.0 Å². The van der Waals surface area contributed by atoms with Gasteiger partial charge in [0.25, 0.3) is 0 Å². The van der Waals surface area contributed by atoms with Gasteiger partial charge in [0.05, 0.1) is 26.5 Å². The number of guanidine groups is 1. The van der Waals surface area contributed by atoms with Gasteiger partial charge in [-0.2, -0.15) is 4.90 Å². The Kier molecular flexibility index (Phi) is 5.36. The average molecular weight is 358 g/mol. The summed E-state index contributed by atoms with van der Waals surface area (Å²) in [5.41, 5.74) is 1.74. The van der Waals surface area contributed by atoms with Crippen molar-refractivity contribution in [3.8, 4) is 11.5 Å². The van der Waals surface area contributed by atoms with Crippen LogP contribution in [0.25, 0.3) is 0 Å². The molecule has 0 saturated carbocycles. The molecule has 2 N–H and O–H groups in total. The van der Waals surface area contributed by atoms with Crippen LogP contribution in [0.5, 0.6) is 11.5 Å². The quantitative estimate of drug-likeness (QED) is 0.801. The van der Waals surface area contributed by atoms with Crippen molar-refractivity contribution in [2.24, 2.45) is 0 Å². The number of methoxy groups -OCH3 is 2. The van der Waals surface area contributed by atoms with Gasteiger partial charge >= 0.3 is 11.9 Å². The number of carbonyl (C=O) groups excluding carboxylic acids is 1. The van der Waals surface area contributed by atoms with Crippen molar-refractivity contribution in [3.05, 3.63) is 53.8 Å². The van der Waals surface area contributed by atoms with E-state index in [4.69, 9.17) is 9.47 Å². The Bertz CT molecular complexity index is 821. The highest BCUT2D eigenvalue weighted by Gasteiger charge is 2.32. The van der Waals surface area contributed by atoms with Crippen molar-refractivity contribution in [1.29, 1.82) is 0 Å². The lowest BCUT2D eigenvalue weighted by Crippen LogP contribution is -2.72. The summed E-state index contributed by atoms with van der Waals surface area (Å²) in [6.45, 7) is 0.736. The molecule has 0 saturated heterocycles. The third kappa shape index (κ3) is 3.93. The summed E-state index contributed by atoms with van der Waals surface area (Å²) < 4.78 is 23.6. The van der Waals surface area contributed by atoms with Crippen LogP contribution in [0.1, 0.15) is 5.56 Å². The maximum atomic E-state index is 13.0. The second kappa shape index (κ2) is 7.86. The van der Waals surface area contributed by atoms with E-state index in [1.807, 2.05) is 18.2 Å². The van der Waals surface area contributed by atoms with Gasteiger partial charge < -0.3 is 9.47 Å². The highest BCUT2D eigenvalue weighted by Crippen LogP contribution is 2.27. The molecule has 0 radical (unpaired) electrons. The molecule has 0 fully saturated rings. The van der Waals surface area contributed by atoms with Crippen molar-refractivity contribution in [2.75, 3.05) is 32.6 Å². The summed E-state index contributed by atoms with van der Waals surface area (Å²) in [4.78, 5) is 16.9. The summed E-state index contributed by atoms with van der Waals surface area (Å²) in [7, 11) is 3.18. The van der Waals surface area contributed by atoms with Gasteiger partial charge in [-0.1, -0.05) is 6.07 Å². The molecule has 0 atom stereocenters. The molecule has 0 aromatic heterocycles. The lowest BCUT2D eigenvalue weighted by Gasteiger charge is -2.13. The van der Waals surface area contributed by atoms with Crippen LogP contribution in [0, 0.1) is 5.82 Å². The summed E-state index contributed by atoms with van der Waals surface area (Å²) in [5.74, 6) is 1.60. The zero-order valence-electron chi connectivity index (χ0n) is 14.7. The van der Waals surface area contributed by atoms with Gasteiger partial charge in [-0.15, -0.1) is 0 Å². The third-order valence-electron chi connectivity index (χ3n) is 4.16. The van der Waals surface area contributed by atoms with Crippen molar-refractivity contribution >= 4 is 17.6 Å². The molecular formula is C19H21FN3O3+. The van der Waals surface area contributed by atoms with Gasteiger partial charge in [-0.3, -0.25) is 9.79 Å². The van der Waals surface area contributed by atoms with E-state index in [1.54, 1.807) is 31.3 Å². The highest BCUT2D eigenvalue weighted by atomic mass is 19.1. The van der Waals surface area contributed by atoms with Crippen LogP contribution >= 0.6 is 0 Å². The molecule has 0 spiro atoms. The Morgan fingerprint density at radius 2 is 1.85 bits per heavy atom. The average Bonchev–Trinajstić information content (AvgIpc) is 3.01. The minimum atomic E-state index is -0.304. The Labute approximate surface area is 151 Å². The number of hydrogen-bond donors (Lipinski definition) is 2. The maximum absolute atomic E-state index is 13.0. The molecule has 1 amide bonds. The minimum Gasteiger partial charge on any atom is -0.493 e. The van der Waals surface area contributed by atoms with Crippen molar-refractivity contribution in [3.63, 3.8) is 0 Å². The van der Waals surface area contributed by atoms with Crippen LogP contribution in [0.4, 0.5) is 10.1 Å².